The van der Waals surface area contributed by atoms with E-state index in [0.717, 1.165) is 16.8 Å². The standard InChI is InChI=1S/C18H20N2O3/c1-12-5-3-6-13(2)17(12)20-11-14(9-16(20)21)18(22)19-10-15-7-4-8-23-15/h3-8,14H,9-11H2,1-2H3,(H,19,22)/t14-/m0/s1. The molecule has 1 aromatic heterocycles. The Morgan fingerprint density at radius 1 is 1.26 bits per heavy atom. The Labute approximate surface area is 135 Å². The first-order chi connectivity index (χ1) is 11.1. The van der Waals surface area contributed by atoms with Crippen molar-refractivity contribution in [2.45, 2.75) is 26.8 Å². The fourth-order valence-corrected chi connectivity index (χ4v) is 3.06. The van der Waals surface area contributed by atoms with Crippen LogP contribution in [-0.4, -0.2) is 18.4 Å². The predicted molar refractivity (Wildman–Crippen MR) is 86.9 cm³/mol. The summed E-state index contributed by atoms with van der Waals surface area (Å²) in [6.07, 6.45) is 1.82. The van der Waals surface area contributed by atoms with Gasteiger partial charge in [-0.2, -0.15) is 0 Å². The highest BCUT2D eigenvalue weighted by atomic mass is 16.3. The molecule has 0 bridgehead atoms. The molecular weight excluding hydrogens is 292 g/mol. The summed E-state index contributed by atoms with van der Waals surface area (Å²) in [5.74, 6) is 0.273. The molecule has 0 radical (unpaired) electrons. The maximum Gasteiger partial charge on any atom is 0.227 e. The van der Waals surface area contributed by atoms with Gasteiger partial charge in [0.25, 0.3) is 0 Å². The largest absolute Gasteiger partial charge is 0.467 e. The van der Waals surface area contributed by atoms with Gasteiger partial charge in [-0.05, 0) is 37.1 Å². The average molecular weight is 312 g/mol. The molecule has 120 valence electrons. The van der Waals surface area contributed by atoms with Crippen LogP contribution < -0.4 is 10.2 Å². The van der Waals surface area contributed by atoms with Crippen molar-refractivity contribution in [3.8, 4) is 0 Å². The van der Waals surface area contributed by atoms with Crippen LogP contribution >= 0.6 is 0 Å². The van der Waals surface area contributed by atoms with Gasteiger partial charge in [0.2, 0.25) is 11.8 Å². The minimum atomic E-state index is -0.323. The summed E-state index contributed by atoms with van der Waals surface area (Å²) in [6, 6.07) is 9.54. The van der Waals surface area contributed by atoms with Crippen molar-refractivity contribution in [3.63, 3.8) is 0 Å². The van der Waals surface area contributed by atoms with Crippen LogP contribution in [0.2, 0.25) is 0 Å². The summed E-state index contributed by atoms with van der Waals surface area (Å²) < 4.78 is 5.20. The van der Waals surface area contributed by atoms with Crippen molar-refractivity contribution >= 4 is 17.5 Å². The highest BCUT2D eigenvalue weighted by Gasteiger charge is 2.36. The third-order valence-corrected chi connectivity index (χ3v) is 4.22. The molecule has 3 rings (SSSR count). The molecule has 2 aromatic rings. The number of furan rings is 1. The SMILES string of the molecule is Cc1cccc(C)c1N1C[C@@H](C(=O)NCc2ccco2)CC1=O. The van der Waals surface area contributed by atoms with Crippen LogP contribution in [0.15, 0.2) is 41.0 Å². The normalized spacial score (nSPS) is 17.6. The summed E-state index contributed by atoms with van der Waals surface area (Å²) in [6.45, 7) is 4.74. The lowest BCUT2D eigenvalue weighted by Crippen LogP contribution is -2.32. The van der Waals surface area contributed by atoms with Gasteiger partial charge in [-0.1, -0.05) is 18.2 Å². The molecule has 23 heavy (non-hydrogen) atoms. The van der Waals surface area contributed by atoms with Crippen LogP contribution in [-0.2, 0) is 16.1 Å². The van der Waals surface area contributed by atoms with E-state index >= 15 is 0 Å². The van der Waals surface area contributed by atoms with Crippen molar-refractivity contribution < 1.29 is 14.0 Å². The number of anilines is 1. The Bertz CT molecular complexity index is 702. The lowest BCUT2D eigenvalue weighted by molar-refractivity contribution is -0.126. The van der Waals surface area contributed by atoms with Gasteiger partial charge in [0.05, 0.1) is 18.7 Å². The van der Waals surface area contributed by atoms with Gasteiger partial charge >= 0.3 is 0 Å². The molecular formula is C18H20N2O3. The highest BCUT2D eigenvalue weighted by Crippen LogP contribution is 2.30. The molecule has 2 amide bonds. The molecule has 0 spiro atoms. The second-order valence-electron chi connectivity index (χ2n) is 5.94. The quantitative estimate of drug-likeness (QED) is 0.944. The number of hydrogen-bond acceptors (Lipinski definition) is 3. The number of carbonyl (C=O) groups is 2. The fraction of sp³-hybridized carbons (Fsp3) is 0.333. The predicted octanol–water partition coefficient (Wildman–Crippen LogP) is 2.57. The molecule has 1 aromatic carbocycles. The van der Waals surface area contributed by atoms with Crippen LogP contribution in [0.25, 0.3) is 0 Å². The summed E-state index contributed by atoms with van der Waals surface area (Å²) in [5, 5.41) is 2.84. The summed E-state index contributed by atoms with van der Waals surface area (Å²) >= 11 is 0. The van der Waals surface area contributed by atoms with Gasteiger partial charge in [-0.25, -0.2) is 0 Å². The average Bonchev–Trinajstić information content (AvgIpc) is 3.15. The number of nitrogens with zero attached hydrogens (tertiary/aromatic N) is 1. The molecule has 1 aliphatic heterocycles. The molecule has 2 heterocycles. The summed E-state index contributed by atoms with van der Waals surface area (Å²) in [4.78, 5) is 26.4. The van der Waals surface area contributed by atoms with Crippen LogP contribution in [0.3, 0.4) is 0 Å². The molecule has 0 aliphatic carbocycles. The zero-order valence-corrected chi connectivity index (χ0v) is 13.3. The number of aryl methyl sites for hydroxylation is 2. The number of hydrogen-bond donors (Lipinski definition) is 1. The van der Waals surface area contributed by atoms with E-state index in [0.29, 0.717) is 18.8 Å². The summed E-state index contributed by atoms with van der Waals surface area (Å²) in [7, 11) is 0. The minimum Gasteiger partial charge on any atom is -0.467 e. The van der Waals surface area contributed by atoms with Crippen molar-refractivity contribution in [1.82, 2.24) is 5.32 Å². The lowest BCUT2D eigenvalue weighted by Gasteiger charge is -2.21. The molecule has 0 unspecified atom stereocenters. The van der Waals surface area contributed by atoms with Crippen molar-refractivity contribution in [1.29, 1.82) is 0 Å². The molecule has 5 heteroatoms. The number of rotatable bonds is 4. The third kappa shape index (κ3) is 3.13. The Morgan fingerprint density at radius 3 is 2.65 bits per heavy atom. The molecule has 1 atom stereocenters. The van der Waals surface area contributed by atoms with Crippen LogP contribution in [0, 0.1) is 19.8 Å². The first-order valence-electron chi connectivity index (χ1n) is 7.73. The molecule has 1 aliphatic rings. The van der Waals surface area contributed by atoms with Crippen molar-refractivity contribution in [2.24, 2.45) is 5.92 Å². The van der Waals surface area contributed by atoms with E-state index in [-0.39, 0.29) is 24.2 Å². The third-order valence-electron chi connectivity index (χ3n) is 4.22. The number of nitrogens with one attached hydrogen (secondary N) is 1. The molecule has 5 nitrogen and oxygen atoms in total. The van der Waals surface area contributed by atoms with Crippen LogP contribution in [0.4, 0.5) is 5.69 Å². The second kappa shape index (κ2) is 6.28. The zero-order valence-electron chi connectivity index (χ0n) is 13.3. The highest BCUT2D eigenvalue weighted by molar-refractivity contribution is 6.01. The number of benzene rings is 1. The number of carbonyl (C=O) groups excluding carboxylic acids is 2. The van der Waals surface area contributed by atoms with Gasteiger partial charge in [-0.3, -0.25) is 9.59 Å². The van der Waals surface area contributed by atoms with E-state index in [1.165, 1.54) is 0 Å². The smallest absolute Gasteiger partial charge is 0.227 e. The zero-order chi connectivity index (χ0) is 16.4. The number of para-hydroxylation sites is 1. The van der Waals surface area contributed by atoms with Gasteiger partial charge in [0.15, 0.2) is 0 Å². The van der Waals surface area contributed by atoms with Crippen LogP contribution in [0.5, 0.6) is 0 Å². The van der Waals surface area contributed by atoms with E-state index in [1.54, 1.807) is 17.2 Å². The Hall–Kier alpha value is -2.56. The van der Waals surface area contributed by atoms with Crippen LogP contribution in [0.1, 0.15) is 23.3 Å². The maximum atomic E-state index is 12.4. The van der Waals surface area contributed by atoms with E-state index in [2.05, 4.69) is 5.32 Å². The fourth-order valence-electron chi connectivity index (χ4n) is 3.06. The minimum absolute atomic E-state index is 0.000508. The number of amides is 2. The van der Waals surface area contributed by atoms with E-state index in [1.807, 2.05) is 38.1 Å². The Kier molecular flexibility index (Phi) is 4.19. The maximum absolute atomic E-state index is 12.4. The first-order valence-corrected chi connectivity index (χ1v) is 7.73. The topological polar surface area (TPSA) is 62.6 Å². The van der Waals surface area contributed by atoms with Crippen molar-refractivity contribution in [3.05, 3.63) is 53.5 Å². The molecule has 0 saturated carbocycles. The van der Waals surface area contributed by atoms with E-state index in [4.69, 9.17) is 4.42 Å². The second-order valence-corrected chi connectivity index (χ2v) is 5.94. The first kappa shape index (κ1) is 15.3. The Balaban J connectivity index is 1.68. The van der Waals surface area contributed by atoms with Gasteiger partial charge in [-0.15, -0.1) is 0 Å². The van der Waals surface area contributed by atoms with E-state index in [9.17, 15) is 9.59 Å². The van der Waals surface area contributed by atoms with Gasteiger partial charge in [0, 0.05) is 18.7 Å². The summed E-state index contributed by atoms with van der Waals surface area (Å²) in [5.41, 5.74) is 3.03. The van der Waals surface area contributed by atoms with Gasteiger partial charge in [0.1, 0.15) is 5.76 Å². The van der Waals surface area contributed by atoms with Crippen molar-refractivity contribution in [2.75, 3.05) is 11.4 Å². The molecule has 1 N–H and O–H groups in total. The Morgan fingerprint density at radius 2 is 2.00 bits per heavy atom. The molecule has 1 saturated heterocycles. The lowest BCUT2D eigenvalue weighted by atomic mass is 10.1. The monoisotopic (exact) mass is 312 g/mol. The van der Waals surface area contributed by atoms with Gasteiger partial charge < -0.3 is 14.6 Å². The molecule has 1 fully saturated rings. The van der Waals surface area contributed by atoms with E-state index < -0.39 is 0 Å².